The van der Waals surface area contributed by atoms with Crippen molar-refractivity contribution in [2.45, 2.75) is 0 Å². The number of pyridine rings is 1. The van der Waals surface area contributed by atoms with Gasteiger partial charge in [0, 0.05) is 0 Å². The van der Waals surface area contributed by atoms with Crippen molar-refractivity contribution in [2.75, 3.05) is 13.7 Å². The summed E-state index contributed by atoms with van der Waals surface area (Å²) in [6.07, 6.45) is 1.04. The van der Waals surface area contributed by atoms with Crippen LogP contribution in [-0.4, -0.2) is 23.8 Å². The molecule has 0 saturated heterocycles. The first-order valence-electron chi connectivity index (χ1n) is 3.57. The van der Waals surface area contributed by atoms with E-state index in [4.69, 9.17) is 9.84 Å². The molecule has 0 saturated carbocycles. The Hall–Kier alpha value is -1.60. The minimum atomic E-state index is -0.483. The molecule has 0 aromatic carbocycles. The fourth-order valence-corrected chi connectivity index (χ4v) is 0.814. The zero-order chi connectivity index (χ0) is 9.68. The minimum Gasteiger partial charge on any atom is -0.480 e. The van der Waals surface area contributed by atoms with E-state index in [1.807, 2.05) is 0 Å². The molecule has 1 aromatic heterocycles. The van der Waals surface area contributed by atoms with Crippen molar-refractivity contribution in [1.29, 1.82) is 0 Å². The molecule has 68 valence electrons. The normalized spacial score (nSPS) is 8.85. The van der Waals surface area contributed by atoms with Crippen molar-refractivity contribution in [2.24, 2.45) is 0 Å². The molecular formula is C9H8FNO2. The summed E-state index contributed by atoms with van der Waals surface area (Å²) in [7, 11) is 1.42. The molecule has 13 heavy (non-hydrogen) atoms. The summed E-state index contributed by atoms with van der Waals surface area (Å²) < 4.78 is 17.5. The third-order valence-corrected chi connectivity index (χ3v) is 1.31. The summed E-state index contributed by atoms with van der Waals surface area (Å²) in [5.41, 5.74) is 0.330. The van der Waals surface area contributed by atoms with Crippen LogP contribution >= 0.6 is 0 Å². The number of aliphatic hydroxyl groups is 1. The maximum absolute atomic E-state index is 12.7. The van der Waals surface area contributed by atoms with E-state index in [0.29, 0.717) is 5.56 Å². The molecule has 1 rings (SSSR count). The molecule has 0 aliphatic carbocycles. The third kappa shape index (κ3) is 2.42. The molecule has 0 aliphatic heterocycles. The SMILES string of the molecule is COc1ncc(F)cc1C#CCO. The van der Waals surface area contributed by atoms with Gasteiger partial charge in [-0.3, -0.25) is 0 Å². The Balaban J connectivity index is 3.08. The number of halogens is 1. The monoisotopic (exact) mass is 181 g/mol. The number of hydrogen-bond donors (Lipinski definition) is 1. The van der Waals surface area contributed by atoms with Crippen LogP contribution in [0.5, 0.6) is 5.88 Å². The van der Waals surface area contributed by atoms with Gasteiger partial charge in [-0.05, 0) is 6.07 Å². The van der Waals surface area contributed by atoms with Crippen LogP contribution in [0.3, 0.4) is 0 Å². The highest BCUT2D eigenvalue weighted by Crippen LogP contribution is 2.13. The topological polar surface area (TPSA) is 42.4 Å². The van der Waals surface area contributed by atoms with Crippen LogP contribution in [0.25, 0.3) is 0 Å². The van der Waals surface area contributed by atoms with Gasteiger partial charge in [0.1, 0.15) is 12.4 Å². The van der Waals surface area contributed by atoms with Crippen LogP contribution in [0.15, 0.2) is 12.3 Å². The summed E-state index contributed by atoms with van der Waals surface area (Å²) in [6, 6.07) is 1.20. The molecule has 1 N–H and O–H groups in total. The van der Waals surface area contributed by atoms with E-state index < -0.39 is 5.82 Å². The summed E-state index contributed by atoms with van der Waals surface area (Å²) in [5, 5.41) is 8.43. The lowest BCUT2D eigenvalue weighted by Gasteiger charge is -2.00. The highest BCUT2D eigenvalue weighted by molar-refractivity contribution is 5.41. The molecule has 0 aliphatic rings. The van der Waals surface area contributed by atoms with Crippen molar-refractivity contribution in [3.8, 4) is 17.7 Å². The van der Waals surface area contributed by atoms with Gasteiger partial charge in [-0.1, -0.05) is 11.8 Å². The van der Waals surface area contributed by atoms with Gasteiger partial charge in [0.15, 0.2) is 0 Å². The highest BCUT2D eigenvalue weighted by Gasteiger charge is 2.02. The zero-order valence-corrected chi connectivity index (χ0v) is 7.04. The molecule has 0 unspecified atom stereocenters. The molecule has 0 radical (unpaired) electrons. The second kappa shape index (κ2) is 4.43. The number of nitrogens with zero attached hydrogens (tertiary/aromatic N) is 1. The maximum Gasteiger partial charge on any atom is 0.229 e. The third-order valence-electron chi connectivity index (χ3n) is 1.31. The first kappa shape index (κ1) is 9.49. The van der Waals surface area contributed by atoms with Crippen molar-refractivity contribution in [1.82, 2.24) is 4.98 Å². The number of aliphatic hydroxyl groups excluding tert-OH is 1. The van der Waals surface area contributed by atoms with E-state index in [1.165, 1.54) is 13.2 Å². The molecule has 0 spiro atoms. The predicted molar refractivity (Wildman–Crippen MR) is 44.7 cm³/mol. The van der Waals surface area contributed by atoms with E-state index in [2.05, 4.69) is 16.8 Å². The average Bonchev–Trinajstić information content (AvgIpc) is 2.15. The average molecular weight is 181 g/mol. The van der Waals surface area contributed by atoms with Gasteiger partial charge >= 0.3 is 0 Å². The van der Waals surface area contributed by atoms with Crippen LogP contribution in [0.1, 0.15) is 5.56 Å². The Labute approximate surface area is 75.2 Å². The highest BCUT2D eigenvalue weighted by atomic mass is 19.1. The van der Waals surface area contributed by atoms with Crippen LogP contribution in [-0.2, 0) is 0 Å². The van der Waals surface area contributed by atoms with Gasteiger partial charge in [-0.15, -0.1) is 0 Å². The first-order chi connectivity index (χ1) is 6.27. The number of aromatic nitrogens is 1. The van der Waals surface area contributed by atoms with Gasteiger partial charge in [-0.25, -0.2) is 9.37 Å². The molecule has 1 heterocycles. The second-order valence-corrected chi connectivity index (χ2v) is 2.17. The smallest absolute Gasteiger partial charge is 0.229 e. The van der Waals surface area contributed by atoms with Crippen molar-refractivity contribution in [3.63, 3.8) is 0 Å². The van der Waals surface area contributed by atoms with Gasteiger partial charge < -0.3 is 9.84 Å². The zero-order valence-electron chi connectivity index (χ0n) is 7.04. The van der Waals surface area contributed by atoms with Crippen LogP contribution in [0, 0.1) is 17.7 Å². The quantitative estimate of drug-likeness (QED) is 0.644. The molecule has 0 fully saturated rings. The number of hydrogen-bond acceptors (Lipinski definition) is 3. The Morgan fingerprint density at radius 1 is 1.69 bits per heavy atom. The minimum absolute atomic E-state index is 0.252. The largest absolute Gasteiger partial charge is 0.480 e. The second-order valence-electron chi connectivity index (χ2n) is 2.17. The van der Waals surface area contributed by atoms with Crippen LogP contribution < -0.4 is 4.74 Å². The fraction of sp³-hybridized carbons (Fsp3) is 0.222. The standard InChI is InChI=1S/C9H8FNO2/c1-13-9-7(3-2-4-12)5-8(10)6-11-9/h5-6,12H,4H2,1H3. The lowest BCUT2D eigenvalue weighted by atomic mass is 10.2. The van der Waals surface area contributed by atoms with Gasteiger partial charge in [0.2, 0.25) is 5.88 Å². The lowest BCUT2D eigenvalue weighted by Crippen LogP contribution is -1.93. The maximum atomic E-state index is 12.7. The van der Waals surface area contributed by atoms with Crippen molar-refractivity contribution >= 4 is 0 Å². The molecule has 0 atom stereocenters. The molecule has 4 heteroatoms. The van der Waals surface area contributed by atoms with Gasteiger partial charge in [0.25, 0.3) is 0 Å². The van der Waals surface area contributed by atoms with E-state index in [9.17, 15) is 4.39 Å². The van der Waals surface area contributed by atoms with Crippen LogP contribution in [0.4, 0.5) is 4.39 Å². The van der Waals surface area contributed by atoms with Gasteiger partial charge in [-0.2, -0.15) is 0 Å². The number of rotatable bonds is 1. The Morgan fingerprint density at radius 2 is 2.46 bits per heavy atom. The van der Waals surface area contributed by atoms with E-state index >= 15 is 0 Å². The Bertz CT molecular complexity index is 354. The Kier molecular flexibility index (Phi) is 3.23. The molecule has 0 amide bonds. The van der Waals surface area contributed by atoms with Crippen LogP contribution in [0.2, 0.25) is 0 Å². The predicted octanol–water partition coefficient (Wildman–Crippen LogP) is 0.573. The summed E-state index contributed by atoms with van der Waals surface area (Å²) in [6.45, 7) is -0.278. The van der Waals surface area contributed by atoms with E-state index in [0.717, 1.165) is 6.20 Å². The molecular weight excluding hydrogens is 173 g/mol. The van der Waals surface area contributed by atoms with E-state index in [-0.39, 0.29) is 12.5 Å². The van der Waals surface area contributed by atoms with Gasteiger partial charge in [0.05, 0.1) is 18.9 Å². The lowest BCUT2D eigenvalue weighted by molar-refractivity contribution is 0.350. The number of methoxy groups -OCH3 is 1. The summed E-state index contributed by atoms with van der Waals surface area (Å²) >= 11 is 0. The first-order valence-corrected chi connectivity index (χ1v) is 3.57. The number of ether oxygens (including phenoxy) is 1. The Morgan fingerprint density at radius 3 is 3.08 bits per heavy atom. The summed E-state index contributed by atoms with van der Waals surface area (Å²) in [4.78, 5) is 3.67. The fourth-order valence-electron chi connectivity index (χ4n) is 0.814. The van der Waals surface area contributed by atoms with E-state index in [1.54, 1.807) is 0 Å². The summed E-state index contributed by atoms with van der Waals surface area (Å²) in [5.74, 6) is 4.68. The van der Waals surface area contributed by atoms with Crippen molar-refractivity contribution in [3.05, 3.63) is 23.6 Å². The molecule has 1 aromatic rings. The molecule has 3 nitrogen and oxygen atoms in total. The van der Waals surface area contributed by atoms with Crippen molar-refractivity contribution < 1.29 is 14.2 Å². The molecule has 0 bridgehead atoms.